The number of rotatable bonds is 3. The molecule has 110 valence electrons. The number of ether oxygens (including phenoxy) is 1. The fourth-order valence-corrected chi connectivity index (χ4v) is 3.62. The zero-order valence-corrected chi connectivity index (χ0v) is 12.8. The van der Waals surface area contributed by atoms with Crippen molar-refractivity contribution < 1.29 is 4.74 Å². The van der Waals surface area contributed by atoms with Crippen LogP contribution in [0.4, 0.5) is 0 Å². The van der Waals surface area contributed by atoms with Crippen molar-refractivity contribution in [3.05, 3.63) is 34.9 Å². The van der Waals surface area contributed by atoms with E-state index in [2.05, 4.69) is 37.4 Å². The van der Waals surface area contributed by atoms with E-state index in [1.54, 1.807) is 11.1 Å². The molecule has 1 heterocycles. The summed E-state index contributed by atoms with van der Waals surface area (Å²) in [5.41, 5.74) is 4.61. The van der Waals surface area contributed by atoms with E-state index in [4.69, 9.17) is 4.74 Å². The van der Waals surface area contributed by atoms with Gasteiger partial charge in [-0.3, -0.25) is 0 Å². The lowest BCUT2D eigenvalue weighted by Crippen LogP contribution is -2.39. The number of hydrogen-bond acceptors (Lipinski definition) is 2. The van der Waals surface area contributed by atoms with Crippen LogP contribution in [0.1, 0.15) is 62.3 Å². The molecule has 0 amide bonds. The van der Waals surface area contributed by atoms with Gasteiger partial charge in [0.05, 0.1) is 6.10 Å². The molecule has 1 aromatic carbocycles. The second-order valence-corrected chi connectivity index (χ2v) is 6.53. The van der Waals surface area contributed by atoms with Crippen LogP contribution in [-0.4, -0.2) is 18.8 Å². The average molecular weight is 273 g/mol. The fraction of sp³-hybridized carbons (Fsp3) is 0.667. The second kappa shape index (κ2) is 6.28. The lowest BCUT2D eigenvalue weighted by Gasteiger charge is -2.31. The van der Waals surface area contributed by atoms with Gasteiger partial charge in [-0.05, 0) is 69.1 Å². The van der Waals surface area contributed by atoms with Gasteiger partial charge in [0.2, 0.25) is 0 Å². The molecule has 1 N–H and O–H groups in total. The molecule has 0 saturated carbocycles. The van der Waals surface area contributed by atoms with E-state index < -0.39 is 0 Å². The summed E-state index contributed by atoms with van der Waals surface area (Å²) in [6.45, 7) is 5.37. The summed E-state index contributed by atoms with van der Waals surface area (Å²) in [7, 11) is 0. The molecule has 2 aliphatic rings. The second-order valence-electron chi connectivity index (χ2n) is 6.53. The first-order valence-corrected chi connectivity index (χ1v) is 8.21. The van der Waals surface area contributed by atoms with Gasteiger partial charge in [0, 0.05) is 18.7 Å². The minimum absolute atomic E-state index is 0.400. The number of hydrogen-bond donors (Lipinski definition) is 1. The van der Waals surface area contributed by atoms with Crippen molar-refractivity contribution in [3.8, 4) is 0 Å². The highest BCUT2D eigenvalue weighted by atomic mass is 16.5. The monoisotopic (exact) mass is 273 g/mol. The van der Waals surface area contributed by atoms with Crippen molar-refractivity contribution in [2.45, 2.75) is 70.6 Å². The first kappa shape index (κ1) is 14.1. The summed E-state index contributed by atoms with van der Waals surface area (Å²) >= 11 is 0. The van der Waals surface area contributed by atoms with Gasteiger partial charge in [0.1, 0.15) is 0 Å². The predicted molar refractivity (Wildman–Crippen MR) is 83.1 cm³/mol. The summed E-state index contributed by atoms with van der Waals surface area (Å²) in [6, 6.07) is 8.16. The largest absolute Gasteiger partial charge is 0.378 e. The van der Waals surface area contributed by atoms with E-state index in [-0.39, 0.29) is 0 Å². The molecule has 1 saturated heterocycles. The van der Waals surface area contributed by atoms with Crippen molar-refractivity contribution in [2.75, 3.05) is 6.61 Å². The third-order valence-electron chi connectivity index (χ3n) is 4.84. The normalized spacial score (nSPS) is 27.9. The van der Waals surface area contributed by atoms with Gasteiger partial charge in [0.15, 0.2) is 0 Å². The van der Waals surface area contributed by atoms with Crippen LogP contribution in [-0.2, 0) is 17.6 Å². The maximum Gasteiger partial charge on any atom is 0.0561 e. The number of benzene rings is 1. The van der Waals surface area contributed by atoms with Crippen molar-refractivity contribution >= 4 is 0 Å². The summed E-state index contributed by atoms with van der Waals surface area (Å²) in [5.74, 6) is 0. The van der Waals surface area contributed by atoms with E-state index in [9.17, 15) is 0 Å². The highest BCUT2D eigenvalue weighted by Gasteiger charge is 2.21. The Morgan fingerprint density at radius 3 is 2.80 bits per heavy atom. The summed E-state index contributed by atoms with van der Waals surface area (Å²) in [4.78, 5) is 0. The summed E-state index contributed by atoms with van der Waals surface area (Å²) in [6.07, 6.45) is 7.93. The Balaban J connectivity index is 1.66. The highest BCUT2D eigenvalue weighted by Crippen LogP contribution is 2.25. The molecule has 20 heavy (non-hydrogen) atoms. The van der Waals surface area contributed by atoms with Crippen molar-refractivity contribution in [3.63, 3.8) is 0 Å². The minimum atomic E-state index is 0.400. The molecule has 2 heteroatoms. The first-order valence-electron chi connectivity index (χ1n) is 8.21. The van der Waals surface area contributed by atoms with Crippen LogP contribution in [0.3, 0.4) is 0 Å². The first-order chi connectivity index (χ1) is 9.72. The third kappa shape index (κ3) is 3.24. The van der Waals surface area contributed by atoms with Crippen molar-refractivity contribution in [1.82, 2.24) is 5.32 Å². The van der Waals surface area contributed by atoms with Crippen LogP contribution < -0.4 is 5.32 Å². The SMILES string of the molecule is CC1CC(NC(C)c2ccc3c(c2)CCCC3)CCO1. The Kier molecular flexibility index (Phi) is 4.42. The van der Waals surface area contributed by atoms with Crippen molar-refractivity contribution in [2.24, 2.45) is 0 Å². The van der Waals surface area contributed by atoms with Gasteiger partial charge in [-0.2, -0.15) is 0 Å². The van der Waals surface area contributed by atoms with Crippen LogP contribution in [0.2, 0.25) is 0 Å². The third-order valence-corrected chi connectivity index (χ3v) is 4.84. The number of aryl methyl sites for hydroxylation is 2. The molecular weight excluding hydrogens is 246 g/mol. The lowest BCUT2D eigenvalue weighted by atomic mass is 9.89. The minimum Gasteiger partial charge on any atom is -0.378 e. The molecule has 1 aliphatic heterocycles. The maximum atomic E-state index is 5.63. The van der Waals surface area contributed by atoms with Gasteiger partial charge >= 0.3 is 0 Å². The van der Waals surface area contributed by atoms with Gasteiger partial charge in [-0.1, -0.05) is 18.2 Å². The highest BCUT2D eigenvalue weighted by molar-refractivity contribution is 5.35. The summed E-state index contributed by atoms with van der Waals surface area (Å²) in [5, 5.41) is 3.79. The Morgan fingerprint density at radius 1 is 1.20 bits per heavy atom. The van der Waals surface area contributed by atoms with Gasteiger partial charge in [-0.15, -0.1) is 0 Å². The fourth-order valence-electron chi connectivity index (χ4n) is 3.62. The van der Waals surface area contributed by atoms with E-state index in [1.807, 2.05) is 0 Å². The van der Waals surface area contributed by atoms with E-state index in [0.29, 0.717) is 18.2 Å². The Hall–Kier alpha value is -0.860. The van der Waals surface area contributed by atoms with Crippen LogP contribution >= 0.6 is 0 Å². The van der Waals surface area contributed by atoms with Crippen LogP contribution in [0.25, 0.3) is 0 Å². The molecule has 3 unspecified atom stereocenters. The van der Waals surface area contributed by atoms with E-state index >= 15 is 0 Å². The molecule has 1 fully saturated rings. The van der Waals surface area contributed by atoms with Gasteiger partial charge in [0.25, 0.3) is 0 Å². The topological polar surface area (TPSA) is 21.3 Å². The van der Waals surface area contributed by atoms with E-state index in [0.717, 1.165) is 19.4 Å². The number of fused-ring (bicyclic) bond motifs is 1. The molecule has 0 spiro atoms. The van der Waals surface area contributed by atoms with Crippen LogP contribution in [0.15, 0.2) is 18.2 Å². The number of nitrogens with one attached hydrogen (secondary N) is 1. The lowest BCUT2D eigenvalue weighted by molar-refractivity contribution is 0.0116. The smallest absolute Gasteiger partial charge is 0.0561 e. The molecule has 3 atom stereocenters. The molecule has 3 rings (SSSR count). The predicted octanol–water partition coefficient (Wildman–Crippen LogP) is 3.78. The molecule has 1 aromatic rings. The Morgan fingerprint density at radius 2 is 2.00 bits per heavy atom. The Bertz CT molecular complexity index is 457. The zero-order chi connectivity index (χ0) is 13.9. The molecule has 0 aromatic heterocycles. The van der Waals surface area contributed by atoms with E-state index in [1.165, 1.54) is 31.2 Å². The van der Waals surface area contributed by atoms with Crippen LogP contribution in [0, 0.1) is 0 Å². The van der Waals surface area contributed by atoms with Gasteiger partial charge < -0.3 is 10.1 Å². The molecule has 0 bridgehead atoms. The molecule has 1 aliphatic carbocycles. The Labute approximate surface area is 122 Å². The zero-order valence-electron chi connectivity index (χ0n) is 12.8. The molecule has 0 radical (unpaired) electrons. The molecule has 2 nitrogen and oxygen atoms in total. The van der Waals surface area contributed by atoms with Crippen LogP contribution in [0.5, 0.6) is 0 Å². The quantitative estimate of drug-likeness (QED) is 0.905. The molecular formula is C18H27NO. The maximum absolute atomic E-state index is 5.63. The standard InChI is InChI=1S/C18H27NO/c1-13-11-18(9-10-20-13)19-14(2)16-8-7-15-5-3-4-6-17(15)12-16/h7-8,12-14,18-19H,3-6,9-11H2,1-2H3. The van der Waals surface area contributed by atoms with Crippen molar-refractivity contribution in [1.29, 1.82) is 0 Å². The van der Waals surface area contributed by atoms with Gasteiger partial charge in [-0.25, -0.2) is 0 Å². The average Bonchev–Trinajstić information content (AvgIpc) is 2.47. The summed E-state index contributed by atoms with van der Waals surface area (Å²) < 4.78 is 5.63.